The maximum atomic E-state index is 14.5. The van der Waals surface area contributed by atoms with Gasteiger partial charge in [-0.05, 0) is 99.0 Å². The third-order valence-corrected chi connectivity index (χ3v) is 9.14. The van der Waals surface area contributed by atoms with E-state index in [1.165, 1.54) is 21.4 Å². The van der Waals surface area contributed by atoms with Crippen molar-refractivity contribution in [2.45, 2.75) is 50.5 Å². The van der Waals surface area contributed by atoms with Crippen molar-refractivity contribution >= 4 is 16.9 Å². The summed E-state index contributed by atoms with van der Waals surface area (Å²) in [6, 6.07) is 12.8. The molecule has 1 atom stereocenters. The van der Waals surface area contributed by atoms with E-state index in [2.05, 4.69) is 15.6 Å². The molecule has 1 amide bonds. The third kappa shape index (κ3) is 6.24. The van der Waals surface area contributed by atoms with E-state index in [1.807, 2.05) is 37.2 Å². The molecule has 1 fully saturated rings. The Morgan fingerprint density at radius 3 is 2.63 bits per heavy atom. The predicted octanol–water partition coefficient (Wildman–Crippen LogP) is 4.17. The second-order valence-electron chi connectivity index (χ2n) is 12.9. The molecule has 0 radical (unpaired) electrons. The van der Waals surface area contributed by atoms with Gasteiger partial charge in [-0.1, -0.05) is 18.2 Å². The molecule has 11 nitrogen and oxygen atoms in total. The van der Waals surface area contributed by atoms with E-state index in [0.717, 1.165) is 29.0 Å². The zero-order valence-corrected chi connectivity index (χ0v) is 26.9. The van der Waals surface area contributed by atoms with E-state index in [1.54, 1.807) is 41.4 Å². The van der Waals surface area contributed by atoms with Crippen LogP contribution in [0.2, 0.25) is 0 Å². The van der Waals surface area contributed by atoms with Crippen molar-refractivity contribution in [1.29, 1.82) is 0 Å². The Kier molecular flexibility index (Phi) is 8.37. The van der Waals surface area contributed by atoms with E-state index >= 15 is 0 Å². The number of pyridine rings is 1. The number of allylic oxidation sites excluding steroid dienone is 2. The monoisotopic (exact) mass is 667 g/mol. The van der Waals surface area contributed by atoms with Crippen molar-refractivity contribution in [3.63, 3.8) is 0 Å². The van der Waals surface area contributed by atoms with Crippen molar-refractivity contribution in [3.8, 4) is 22.6 Å². The third-order valence-electron chi connectivity index (χ3n) is 9.14. The molecule has 13 heteroatoms. The molecule has 2 aromatic carbocycles. The summed E-state index contributed by atoms with van der Waals surface area (Å²) in [7, 11) is 3.86. The van der Waals surface area contributed by atoms with Crippen LogP contribution in [-0.4, -0.2) is 61.2 Å². The molecule has 1 unspecified atom stereocenters. The van der Waals surface area contributed by atoms with Gasteiger partial charge in [0.15, 0.2) is 5.65 Å². The first-order valence-corrected chi connectivity index (χ1v) is 16.1. The molecule has 1 aliphatic carbocycles. The molecular formula is C36H35F2N7O4. The molecule has 0 spiro atoms. The van der Waals surface area contributed by atoms with Crippen molar-refractivity contribution in [3.05, 3.63) is 123 Å². The minimum atomic E-state index is -0.696. The number of nitrogens with zero attached hydrogens (tertiary/aromatic N) is 5. The Morgan fingerprint density at radius 2 is 1.86 bits per heavy atom. The number of carbonyl (C=O) groups excluding carboxylic acids is 1. The maximum absolute atomic E-state index is 14.5. The number of carbonyl (C=O) groups is 1. The van der Waals surface area contributed by atoms with Crippen LogP contribution in [0.25, 0.3) is 27.8 Å². The number of rotatable bonds is 7. The number of phenols is 1. The van der Waals surface area contributed by atoms with E-state index < -0.39 is 28.9 Å². The summed E-state index contributed by atoms with van der Waals surface area (Å²) in [6.45, 7) is 0.563. The van der Waals surface area contributed by atoms with Gasteiger partial charge in [0.2, 0.25) is 0 Å². The van der Waals surface area contributed by atoms with Crippen molar-refractivity contribution < 1.29 is 18.7 Å². The molecule has 4 aromatic rings. The Hall–Kier alpha value is -5.56. The topological polar surface area (TPSA) is 125 Å². The first-order chi connectivity index (χ1) is 23.5. The predicted molar refractivity (Wildman–Crippen MR) is 181 cm³/mol. The molecule has 3 N–H and O–H groups in total. The summed E-state index contributed by atoms with van der Waals surface area (Å²) in [5.74, 6) is -1.29. The average Bonchev–Trinajstić information content (AvgIpc) is 3.49. The summed E-state index contributed by atoms with van der Waals surface area (Å²) in [4.78, 5) is 48.9. The lowest BCUT2D eigenvalue weighted by Crippen LogP contribution is -2.46. The summed E-state index contributed by atoms with van der Waals surface area (Å²) >= 11 is 0. The Labute approximate surface area is 280 Å². The second-order valence-corrected chi connectivity index (χ2v) is 12.9. The van der Waals surface area contributed by atoms with Gasteiger partial charge >= 0.3 is 5.69 Å². The largest absolute Gasteiger partial charge is 0.508 e. The first-order valence-electron chi connectivity index (χ1n) is 16.1. The van der Waals surface area contributed by atoms with Gasteiger partial charge in [0.05, 0.1) is 17.3 Å². The Bertz CT molecular complexity index is 2180. The summed E-state index contributed by atoms with van der Waals surface area (Å²) in [5, 5.41) is 16.2. The van der Waals surface area contributed by atoms with Crippen LogP contribution in [0.4, 0.5) is 8.78 Å². The smallest absolute Gasteiger partial charge is 0.337 e. The number of phenolic OH excluding ortho intramolecular Hbond substituents is 1. The molecule has 252 valence electrons. The highest BCUT2D eigenvalue weighted by molar-refractivity contribution is 5.93. The number of aromatic hydroxyl groups is 1. The van der Waals surface area contributed by atoms with E-state index in [9.17, 15) is 28.3 Å². The average molecular weight is 668 g/mol. The van der Waals surface area contributed by atoms with Gasteiger partial charge in [0.1, 0.15) is 29.3 Å². The number of benzene rings is 2. The van der Waals surface area contributed by atoms with E-state index in [0.29, 0.717) is 43.6 Å². The fourth-order valence-electron chi connectivity index (χ4n) is 6.88. The summed E-state index contributed by atoms with van der Waals surface area (Å²) < 4.78 is 30.7. The van der Waals surface area contributed by atoms with Crippen LogP contribution in [0.15, 0.2) is 100 Å². The second kappa shape index (κ2) is 12.8. The number of hydrogen-bond acceptors (Lipinski definition) is 8. The highest BCUT2D eigenvalue weighted by Gasteiger charge is 2.31. The first kappa shape index (κ1) is 32.0. The van der Waals surface area contributed by atoms with Gasteiger partial charge in [-0.15, -0.1) is 0 Å². The van der Waals surface area contributed by atoms with Crippen molar-refractivity contribution in [1.82, 2.24) is 34.6 Å². The molecule has 49 heavy (non-hydrogen) atoms. The standard InChI is InChI=1S/C36H35F2N7O4/c1-42(2)18-22-15-28(46)11-12-29(22)21-4-3-5-27(14-21)44-33-30(16-24(38)17-39-33)35(48)45(36(44)49)26-9-7-25(8-10-26)40-34(47)31-20-43-19-23(37)6-13-32(43)41-31/h3-6,11-17,19-20,25-26,32,41,46H,7-10,18H2,1-2H3,(H,40,47). The van der Waals surface area contributed by atoms with Gasteiger partial charge < -0.3 is 25.5 Å². The fraction of sp³-hybridized carbons (Fsp3) is 0.278. The maximum Gasteiger partial charge on any atom is 0.337 e. The lowest BCUT2D eigenvalue weighted by molar-refractivity contribution is -0.118. The molecule has 3 aliphatic rings. The molecule has 0 saturated heterocycles. The van der Waals surface area contributed by atoms with Crippen LogP contribution in [-0.2, 0) is 11.3 Å². The van der Waals surface area contributed by atoms with E-state index in [4.69, 9.17) is 0 Å². The van der Waals surface area contributed by atoms with Gasteiger partial charge in [0, 0.05) is 31.0 Å². The minimum absolute atomic E-state index is 0.0198. The lowest BCUT2D eigenvalue weighted by Gasteiger charge is -2.30. The number of amides is 1. The van der Waals surface area contributed by atoms with Crippen LogP contribution in [0.1, 0.15) is 37.3 Å². The number of nitrogens with one attached hydrogen (secondary N) is 2. The molecule has 2 aliphatic heterocycles. The van der Waals surface area contributed by atoms with Crippen LogP contribution in [0, 0.1) is 5.82 Å². The summed E-state index contributed by atoms with van der Waals surface area (Å²) in [5.41, 5.74) is 2.12. The van der Waals surface area contributed by atoms with Gasteiger partial charge in [-0.25, -0.2) is 23.1 Å². The number of fused-ring (bicyclic) bond motifs is 2. The van der Waals surface area contributed by atoms with Gasteiger partial charge in [-0.2, -0.15) is 0 Å². The van der Waals surface area contributed by atoms with Crippen LogP contribution in [0.5, 0.6) is 5.75 Å². The molecule has 0 bridgehead atoms. The number of hydrogen-bond donors (Lipinski definition) is 3. The number of aromatic nitrogens is 3. The number of halogens is 2. The highest BCUT2D eigenvalue weighted by atomic mass is 19.1. The minimum Gasteiger partial charge on any atom is -0.508 e. The lowest BCUT2D eigenvalue weighted by atomic mass is 9.90. The Balaban J connectivity index is 1.19. The fourth-order valence-corrected chi connectivity index (χ4v) is 6.88. The van der Waals surface area contributed by atoms with Crippen molar-refractivity contribution in [2.75, 3.05) is 14.1 Å². The van der Waals surface area contributed by atoms with Crippen LogP contribution in [0.3, 0.4) is 0 Å². The van der Waals surface area contributed by atoms with E-state index in [-0.39, 0.29) is 34.9 Å². The van der Waals surface area contributed by atoms with Crippen LogP contribution >= 0.6 is 0 Å². The molecule has 4 heterocycles. The van der Waals surface area contributed by atoms with Crippen LogP contribution < -0.4 is 21.9 Å². The molecular weight excluding hydrogens is 632 g/mol. The highest BCUT2D eigenvalue weighted by Crippen LogP contribution is 2.31. The van der Waals surface area contributed by atoms with Gasteiger partial charge in [-0.3, -0.25) is 14.2 Å². The zero-order valence-electron chi connectivity index (χ0n) is 26.9. The molecule has 1 saturated carbocycles. The molecule has 2 aromatic heterocycles. The zero-order chi connectivity index (χ0) is 34.4. The quantitative estimate of drug-likeness (QED) is 0.268. The normalized spacial score (nSPS) is 20.2. The Morgan fingerprint density at radius 1 is 1.06 bits per heavy atom. The summed E-state index contributed by atoms with van der Waals surface area (Å²) in [6.07, 6.45) is 8.33. The molecule has 7 rings (SSSR count). The van der Waals surface area contributed by atoms with Crippen molar-refractivity contribution in [2.24, 2.45) is 0 Å². The SMILES string of the molecule is CN(C)Cc1cc(O)ccc1-c1cccc(-n2c(=O)n(C3CCC(NC(=O)C4=CN5C=C(F)C=CC5N4)CC3)c(=O)c3cc(F)cnc32)c1. The van der Waals surface area contributed by atoms with Gasteiger partial charge in [0.25, 0.3) is 11.5 Å².